The summed E-state index contributed by atoms with van der Waals surface area (Å²) in [5, 5.41) is 4.19. The maximum Gasteiger partial charge on any atom is 0.310 e. The van der Waals surface area contributed by atoms with Gasteiger partial charge in [-0.2, -0.15) is 0 Å². The summed E-state index contributed by atoms with van der Waals surface area (Å²) in [7, 11) is 1.60. The summed E-state index contributed by atoms with van der Waals surface area (Å²) in [4.78, 5) is 28.9. The van der Waals surface area contributed by atoms with E-state index < -0.39 is 0 Å². The van der Waals surface area contributed by atoms with E-state index in [4.69, 9.17) is 9.47 Å². The second kappa shape index (κ2) is 9.39. The number of carbonyl (C=O) groups excluding carboxylic acids is 2. The van der Waals surface area contributed by atoms with Gasteiger partial charge in [0.05, 0.1) is 18.4 Å². The number of anilines is 2. The number of methoxy groups -OCH3 is 1. The average molecular weight is 406 g/mol. The molecule has 0 atom stereocenters. The van der Waals surface area contributed by atoms with Gasteiger partial charge in [-0.1, -0.05) is 26.0 Å². The number of nitrogens with one attached hydrogen (secondary N) is 1. The van der Waals surface area contributed by atoms with Gasteiger partial charge in [0.15, 0.2) is 5.78 Å². The van der Waals surface area contributed by atoms with Crippen LogP contribution in [0, 0.1) is 6.92 Å². The van der Waals surface area contributed by atoms with E-state index in [-0.39, 0.29) is 11.8 Å². The number of para-hydroxylation sites is 1. The summed E-state index contributed by atoms with van der Waals surface area (Å²) >= 11 is 0. The molecule has 1 heterocycles. The molecule has 0 aliphatic carbocycles. The fourth-order valence-electron chi connectivity index (χ4n) is 3.25. The molecule has 0 aliphatic heterocycles. The standard InChI is InChI=1S/C24H26N2O4/c1-5-8-19(27)18-14-25-24-17(9-7-10-21(24)29-4)23(18)26-16-11-12-20(15(3)13-16)30-22(28)6-2/h7,9-14H,5-6,8H2,1-4H3,(H,25,26). The van der Waals surface area contributed by atoms with Crippen molar-refractivity contribution in [2.24, 2.45) is 0 Å². The van der Waals surface area contributed by atoms with Crippen LogP contribution in [0.3, 0.4) is 0 Å². The number of carbonyl (C=O) groups is 2. The van der Waals surface area contributed by atoms with E-state index >= 15 is 0 Å². The third kappa shape index (κ3) is 4.43. The number of aryl methyl sites for hydroxylation is 1. The molecule has 30 heavy (non-hydrogen) atoms. The molecule has 0 saturated carbocycles. The van der Waals surface area contributed by atoms with Gasteiger partial charge in [0, 0.05) is 30.1 Å². The second-order valence-electron chi connectivity index (χ2n) is 7.01. The first kappa shape index (κ1) is 21.3. The molecule has 1 N–H and O–H groups in total. The Kier molecular flexibility index (Phi) is 6.67. The Labute approximate surface area is 176 Å². The highest BCUT2D eigenvalue weighted by Crippen LogP contribution is 2.35. The zero-order valence-electron chi connectivity index (χ0n) is 17.7. The van der Waals surface area contributed by atoms with Crippen LogP contribution >= 0.6 is 0 Å². The third-order valence-corrected chi connectivity index (χ3v) is 4.81. The molecule has 0 amide bonds. The lowest BCUT2D eigenvalue weighted by molar-refractivity contribution is -0.134. The van der Waals surface area contributed by atoms with Crippen LogP contribution in [-0.2, 0) is 4.79 Å². The molecule has 156 valence electrons. The molecular weight excluding hydrogens is 380 g/mol. The largest absolute Gasteiger partial charge is 0.494 e. The smallest absolute Gasteiger partial charge is 0.310 e. The molecule has 0 bridgehead atoms. The number of hydrogen-bond acceptors (Lipinski definition) is 6. The van der Waals surface area contributed by atoms with Crippen LogP contribution in [0.1, 0.15) is 49.0 Å². The summed E-state index contributed by atoms with van der Waals surface area (Å²) in [6.45, 7) is 5.60. The molecule has 0 radical (unpaired) electrons. The minimum absolute atomic E-state index is 0.0300. The summed E-state index contributed by atoms with van der Waals surface area (Å²) in [5.74, 6) is 0.917. The lowest BCUT2D eigenvalue weighted by Gasteiger charge is -2.16. The number of fused-ring (bicyclic) bond motifs is 1. The molecule has 3 rings (SSSR count). The number of pyridine rings is 1. The number of ether oxygens (including phenoxy) is 2. The highest BCUT2D eigenvalue weighted by Gasteiger charge is 2.17. The quantitative estimate of drug-likeness (QED) is 0.298. The Hall–Kier alpha value is -3.41. The lowest BCUT2D eigenvalue weighted by Crippen LogP contribution is -2.08. The number of hydrogen-bond donors (Lipinski definition) is 1. The number of Topliss-reactive ketones (excluding diaryl/α,β-unsaturated/α-hetero) is 1. The summed E-state index contributed by atoms with van der Waals surface area (Å²) in [6.07, 6.45) is 3.12. The van der Waals surface area contributed by atoms with Crippen molar-refractivity contribution >= 4 is 34.0 Å². The molecule has 3 aromatic rings. The SMILES string of the molecule is CCCC(=O)c1cnc2c(OC)cccc2c1Nc1ccc(OC(=O)CC)c(C)c1. The number of rotatable bonds is 8. The molecule has 0 spiro atoms. The number of nitrogens with zero attached hydrogens (tertiary/aromatic N) is 1. The van der Waals surface area contributed by atoms with Gasteiger partial charge in [-0.15, -0.1) is 0 Å². The van der Waals surface area contributed by atoms with Crippen LogP contribution in [0.25, 0.3) is 10.9 Å². The van der Waals surface area contributed by atoms with Crippen LogP contribution in [0.4, 0.5) is 11.4 Å². The van der Waals surface area contributed by atoms with Crippen molar-refractivity contribution in [3.05, 3.63) is 53.7 Å². The van der Waals surface area contributed by atoms with Crippen molar-refractivity contribution in [2.45, 2.75) is 40.0 Å². The first-order chi connectivity index (χ1) is 14.5. The van der Waals surface area contributed by atoms with Crippen molar-refractivity contribution in [3.63, 3.8) is 0 Å². The molecule has 6 nitrogen and oxygen atoms in total. The highest BCUT2D eigenvalue weighted by molar-refractivity contribution is 6.09. The van der Waals surface area contributed by atoms with Crippen molar-refractivity contribution < 1.29 is 19.1 Å². The third-order valence-electron chi connectivity index (χ3n) is 4.81. The molecule has 0 saturated heterocycles. The van der Waals surface area contributed by atoms with E-state index in [1.54, 1.807) is 26.3 Å². The van der Waals surface area contributed by atoms with Crippen molar-refractivity contribution in [1.29, 1.82) is 0 Å². The number of ketones is 1. The molecule has 0 aliphatic rings. The van der Waals surface area contributed by atoms with Crippen molar-refractivity contribution in [1.82, 2.24) is 4.98 Å². The predicted molar refractivity (Wildman–Crippen MR) is 118 cm³/mol. The van der Waals surface area contributed by atoms with Crippen LogP contribution in [0.5, 0.6) is 11.5 Å². The molecule has 2 aromatic carbocycles. The topological polar surface area (TPSA) is 77.5 Å². The van der Waals surface area contributed by atoms with Crippen LogP contribution in [0.2, 0.25) is 0 Å². The Morgan fingerprint density at radius 2 is 1.90 bits per heavy atom. The van der Waals surface area contributed by atoms with Gasteiger partial charge in [0.2, 0.25) is 0 Å². The van der Waals surface area contributed by atoms with E-state index in [2.05, 4.69) is 10.3 Å². The van der Waals surface area contributed by atoms with Crippen molar-refractivity contribution in [3.8, 4) is 11.5 Å². The second-order valence-corrected chi connectivity index (χ2v) is 7.01. The van der Waals surface area contributed by atoms with Crippen LogP contribution in [0.15, 0.2) is 42.6 Å². The molecule has 0 fully saturated rings. The van der Waals surface area contributed by atoms with Crippen molar-refractivity contribution in [2.75, 3.05) is 12.4 Å². The van der Waals surface area contributed by atoms with Gasteiger partial charge in [0.1, 0.15) is 17.0 Å². The summed E-state index contributed by atoms with van der Waals surface area (Å²) in [5.41, 5.74) is 3.51. The molecule has 6 heteroatoms. The minimum Gasteiger partial charge on any atom is -0.494 e. The fourth-order valence-corrected chi connectivity index (χ4v) is 3.25. The Morgan fingerprint density at radius 1 is 1.10 bits per heavy atom. The van der Waals surface area contributed by atoms with E-state index in [0.29, 0.717) is 41.1 Å². The molecule has 0 unspecified atom stereocenters. The van der Waals surface area contributed by atoms with Crippen LogP contribution in [-0.4, -0.2) is 23.8 Å². The predicted octanol–water partition coefficient (Wildman–Crippen LogP) is 5.59. The van der Waals surface area contributed by atoms with E-state index in [0.717, 1.165) is 23.1 Å². The Balaban J connectivity index is 2.07. The maximum atomic E-state index is 12.8. The lowest BCUT2D eigenvalue weighted by atomic mass is 10.0. The Morgan fingerprint density at radius 3 is 2.57 bits per heavy atom. The normalized spacial score (nSPS) is 10.7. The van der Waals surface area contributed by atoms with E-state index in [1.807, 2.05) is 44.2 Å². The summed E-state index contributed by atoms with van der Waals surface area (Å²) < 4.78 is 10.8. The zero-order chi connectivity index (χ0) is 21.7. The monoisotopic (exact) mass is 406 g/mol. The van der Waals surface area contributed by atoms with Gasteiger partial charge < -0.3 is 14.8 Å². The first-order valence-corrected chi connectivity index (χ1v) is 10.1. The fraction of sp³-hybridized carbons (Fsp3) is 0.292. The number of benzene rings is 2. The minimum atomic E-state index is -0.279. The summed E-state index contributed by atoms with van der Waals surface area (Å²) in [6, 6.07) is 11.1. The first-order valence-electron chi connectivity index (χ1n) is 10.1. The average Bonchev–Trinajstić information content (AvgIpc) is 2.75. The highest BCUT2D eigenvalue weighted by atomic mass is 16.5. The number of esters is 1. The molecular formula is C24H26N2O4. The Bertz CT molecular complexity index is 1090. The maximum absolute atomic E-state index is 12.8. The van der Waals surface area contributed by atoms with Gasteiger partial charge in [-0.3, -0.25) is 14.6 Å². The van der Waals surface area contributed by atoms with E-state index in [9.17, 15) is 9.59 Å². The van der Waals surface area contributed by atoms with Crippen LogP contribution < -0.4 is 14.8 Å². The van der Waals surface area contributed by atoms with Gasteiger partial charge in [0.25, 0.3) is 0 Å². The molecule has 1 aromatic heterocycles. The van der Waals surface area contributed by atoms with E-state index in [1.165, 1.54) is 0 Å². The van der Waals surface area contributed by atoms with Gasteiger partial charge in [-0.25, -0.2) is 0 Å². The van der Waals surface area contributed by atoms with Gasteiger partial charge in [-0.05, 0) is 43.2 Å². The number of aromatic nitrogens is 1. The van der Waals surface area contributed by atoms with Gasteiger partial charge >= 0.3 is 5.97 Å². The zero-order valence-corrected chi connectivity index (χ0v) is 17.7.